The molecule has 3 aromatic rings. The van der Waals surface area contributed by atoms with Crippen LogP contribution in [0.4, 0.5) is 5.69 Å². The number of nitro benzene ring substituents is 1. The topological polar surface area (TPSA) is 109 Å². The van der Waals surface area contributed by atoms with Gasteiger partial charge in [-0.2, -0.15) is 9.71 Å². The summed E-state index contributed by atoms with van der Waals surface area (Å²) in [6, 6.07) is 7.49. The fraction of sp³-hybridized carbons (Fsp3) is 0.133. The number of pyridine rings is 1. The van der Waals surface area contributed by atoms with Gasteiger partial charge in [0.1, 0.15) is 5.56 Å². The van der Waals surface area contributed by atoms with Crippen LogP contribution in [0.3, 0.4) is 0 Å². The van der Waals surface area contributed by atoms with Gasteiger partial charge >= 0.3 is 0 Å². The van der Waals surface area contributed by atoms with Crippen molar-refractivity contribution in [3.05, 3.63) is 62.1 Å². The standard InChI is InChI=1S/C15H11ClN4O4/c1-8-6-9(2)19(21)13(16)12(8)14-17-15(24-18-14)10-4-3-5-11(7-10)20(22)23/h3-7H,1-2H3. The monoisotopic (exact) mass is 346 g/mol. The maximum Gasteiger partial charge on any atom is 0.298 e. The van der Waals surface area contributed by atoms with Crippen LogP contribution in [0.2, 0.25) is 5.15 Å². The van der Waals surface area contributed by atoms with E-state index in [1.807, 2.05) is 0 Å². The van der Waals surface area contributed by atoms with Gasteiger partial charge in [-0.05, 0) is 30.2 Å². The fourth-order valence-corrected chi connectivity index (χ4v) is 2.69. The number of nitrogens with zero attached hydrogens (tertiary/aromatic N) is 4. The number of aryl methyl sites for hydroxylation is 2. The quantitative estimate of drug-likeness (QED) is 0.237. The fourth-order valence-electron chi connectivity index (χ4n) is 2.33. The number of rotatable bonds is 3. The van der Waals surface area contributed by atoms with E-state index in [4.69, 9.17) is 16.1 Å². The predicted molar refractivity (Wildman–Crippen MR) is 85.3 cm³/mol. The Hall–Kier alpha value is -3.00. The molecule has 0 aliphatic rings. The summed E-state index contributed by atoms with van der Waals surface area (Å²) in [7, 11) is 0. The highest BCUT2D eigenvalue weighted by Gasteiger charge is 2.23. The molecule has 2 heterocycles. The molecule has 2 aromatic heterocycles. The Morgan fingerprint density at radius 1 is 1.29 bits per heavy atom. The van der Waals surface area contributed by atoms with Gasteiger partial charge in [0.15, 0.2) is 5.69 Å². The van der Waals surface area contributed by atoms with E-state index in [-0.39, 0.29) is 22.6 Å². The van der Waals surface area contributed by atoms with E-state index in [0.29, 0.717) is 21.6 Å². The Kier molecular flexibility index (Phi) is 3.90. The van der Waals surface area contributed by atoms with Gasteiger partial charge in [0.05, 0.1) is 4.92 Å². The molecule has 0 unspecified atom stereocenters. The Balaban J connectivity index is 2.08. The molecule has 0 aliphatic heterocycles. The van der Waals surface area contributed by atoms with Crippen LogP contribution in [-0.4, -0.2) is 15.1 Å². The second-order valence-corrected chi connectivity index (χ2v) is 5.52. The molecule has 0 amide bonds. The summed E-state index contributed by atoms with van der Waals surface area (Å²) in [6.07, 6.45) is 0. The van der Waals surface area contributed by atoms with Gasteiger partial charge in [-0.15, -0.1) is 0 Å². The van der Waals surface area contributed by atoms with Crippen molar-refractivity contribution in [2.45, 2.75) is 13.8 Å². The molecule has 0 spiro atoms. The number of nitro groups is 1. The minimum Gasteiger partial charge on any atom is -0.617 e. The Bertz CT molecular complexity index is 955. The molecular weight excluding hydrogens is 336 g/mol. The van der Waals surface area contributed by atoms with E-state index in [2.05, 4.69) is 10.1 Å². The smallest absolute Gasteiger partial charge is 0.298 e. The molecule has 8 nitrogen and oxygen atoms in total. The van der Waals surface area contributed by atoms with Gasteiger partial charge in [0.25, 0.3) is 16.7 Å². The Morgan fingerprint density at radius 2 is 2.04 bits per heavy atom. The summed E-state index contributed by atoms with van der Waals surface area (Å²) in [6.45, 7) is 3.41. The van der Waals surface area contributed by atoms with Crippen LogP contribution >= 0.6 is 11.6 Å². The van der Waals surface area contributed by atoms with E-state index in [0.717, 1.165) is 5.56 Å². The minimum absolute atomic E-state index is 0.0566. The number of benzene rings is 1. The largest absolute Gasteiger partial charge is 0.617 e. The lowest BCUT2D eigenvalue weighted by Crippen LogP contribution is -2.32. The summed E-state index contributed by atoms with van der Waals surface area (Å²) in [5.41, 5.74) is 1.84. The lowest BCUT2D eigenvalue weighted by Gasteiger charge is -2.07. The zero-order valence-electron chi connectivity index (χ0n) is 12.7. The zero-order valence-corrected chi connectivity index (χ0v) is 13.4. The van der Waals surface area contributed by atoms with Gasteiger partial charge in [-0.3, -0.25) is 10.1 Å². The second-order valence-electron chi connectivity index (χ2n) is 5.16. The van der Waals surface area contributed by atoms with Crippen molar-refractivity contribution in [2.24, 2.45) is 0 Å². The van der Waals surface area contributed by atoms with E-state index >= 15 is 0 Å². The summed E-state index contributed by atoms with van der Waals surface area (Å²) in [4.78, 5) is 14.5. The number of non-ortho nitro benzene ring substituents is 1. The lowest BCUT2D eigenvalue weighted by molar-refractivity contribution is -0.609. The normalized spacial score (nSPS) is 10.8. The molecule has 122 valence electrons. The second kappa shape index (κ2) is 5.89. The molecule has 0 aliphatic carbocycles. The first-order chi connectivity index (χ1) is 11.4. The molecule has 0 N–H and O–H groups in total. The molecular formula is C15H11ClN4O4. The number of aromatic nitrogens is 3. The van der Waals surface area contributed by atoms with Crippen molar-refractivity contribution in [2.75, 3.05) is 0 Å². The molecule has 24 heavy (non-hydrogen) atoms. The van der Waals surface area contributed by atoms with Crippen LogP contribution in [0, 0.1) is 29.2 Å². The predicted octanol–water partition coefficient (Wildman–Crippen LogP) is 3.22. The molecule has 1 aromatic carbocycles. The van der Waals surface area contributed by atoms with E-state index < -0.39 is 4.92 Å². The number of hydrogen-bond donors (Lipinski definition) is 0. The van der Waals surface area contributed by atoms with Crippen molar-refractivity contribution >= 4 is 17.3 Å². The highest BCUT2D eigenvalue weighted by atomic mass is 35.5. The average Bonchev–Trinajstić information content (AvgIpc) is 3.02. The van der Waals surface area contributed by atoms with Gasteiger partial charge in [0, 0.05) is 30.7 Å². The van der Waals surface area contributed by atoms with Crippen molar-refractivity contribution in [1.29, 1.82) is 0 Å². The van der Waals surface area contributed by atoms with Crippen molar-refractivity contribution in [3.8, 4) is 22.8 Å². The molecule has 0 saturated heterocycles. The Morgan fingerprint density at radius 3 is 2.75 bits per heavy atom. The van der Waals surface area contributed by atoms with Crippen LogP contribution in [0.15, 0.2) is 34.9 Å². The molecule has 0 radical (unpaired) electrons. The summed E-state index contributed by atoms with van der Waals surface area (Å²) in [5.74, 6) is 0.241. The highest BCUT2D eigenvalue weighted by Crippen LogP contribution is 2.30. The molecule has 3 rings (SSSR count). The zero-order chi connectivity index (χ0) is 17.4. The molecule has 0 atom stereocenters. The summed E-state index contributed by atoms with van der Waals surface area (Å²) < 4.78 is 5.74. The lowest BCUT2D eigenvalue weighted by atomic mass is 10.1. The number of hydrogen-bond acceptors (Lipinski definition) is 6. The van der Waals surface area contributed by atoms with Crippen LogP contribution in [0.5, 0.6) is 0 Å². The van der Waals surface area contributed by atoms with Gasteiger partial charge in [0.2, 0.25) is 5.82 Å². The maximum absolute atomic E-state index is 11.9. The molecule has 0 fully saturated rings. The third-order valence-electron chi connectivity index (χ3n) is 3.48. The third kappa shape index (κ3) is 2.67. The van der Waals surface area contributed by atoms with Crippen LogP contribution < -0.4 is 4.73 Å². The van der Waals surface area contributed by atoms with Crippen molar-refractivity contribution in [1.82, 2.24) is 10.1 Å². The SMILES string of the molecule is Cc1cc(C)[n+]([O-])c(Cl)c1-c1noc(-c2cccc([N+](=O)[O-])c2)n1. The first kappa shape index (κ1) is 15.9. The van der Waals surface area contributed by atoms with E-state index in [1.165, 1.54) is 18.2 Å². The van der Waals surface area contributed by atoms with Gasteiger partial charge in [-0.25, -0.2) is 0 Å². The first-order valence-corrected chi connectivity index (χ1v) is 7.24. The van der Waals surface area contributed by atoms with Crippen LogP contribution in [0.1, 0.15) is 11.3 Å². The summed E-state index contributed by atoms with van der Waals surface area (Å²) >= 11 is 6.10. The summed E-state index contributed by atoms with van der Waals surface area (Å²) in [5, 5.41) is 26.6. The minimum atomic E-state index is -0.512. The number of halogens is 1. The third-order valence-corrected chi connectivity index (χ3v) is 3.82. The Labute approximate surface area is 141 Å². The van der Waals surface area contributed by atoms with E-state index in [1.54, 1.807) is 26.0 Å². The van der Waals surface area contributed by atoms with Crippen LogP contribution in [0.25, 0.3) is 22.8 Å². The van der Waals surface area contributed by atoms with Crippen molar-refractivity contribution < 1.29 is 14.2 Å². The highest BCUT2D eigenvalue weighted by molar-refractivity contribution is 6.31. The first-order valence-electron chi connectivity index (χ1n) is 6.86. The average molecular weight is 347 g/mol. The molecule has 0 bridgehead atoms. The van der Waals surface area contributed by atoms with Gasteiger partial charge in [-0.1, -0.05) is 11.2 Å². The maximum atomic E-state index is 11.9. The van der Waals surface area contributed by atoms with Crippen LogP contribution in [-0.2, 0) is 0 Å². The molecule has 9 heteroatoms. The van der Waals surface area contributed by atoms with Gasteiger partial charge < -0.3 is 9.73 Å². The van der Waals surface area contributed by atoms with Crippen molar-refractivity contribution in [3.63, 3.8) is 0 Å². The molecule has 0 saturated carbocycles. The van der Waals surface area contributed by atoms with E-state index in [9.17, 15) is 15.3 Å².